The van der Waals surface area contributed by atoms with Crippen molar-refractivity contribution in [3.63, 3.8) is 0 Å². The second-order valence-corrected chi connectivity index (χ2v) is 7.54. The molecule has 8 heteroatoms. The Labute approximate surface area is 143 Å². The molecule has 0 N–H and O–H groups in total. The number of amides is 1. The molecule has 0 saturated carbocycles. The molecular formula is C15H11Cl2NO4S. The van der Waals surface area contributed by atoms with Crippen molar-refractivity contribution >= 4 is 39.1 Å². The molecule has 3 rings (SSSR count). The molecule has 120 valence electrons. The predicted molar refractivity (Wildman–Crippen MR) is 86.5 cm³/mol. The van der Waals surface area contributed by atoms with E-state index in [2.05, 4.69) is 0 Å². The summed E-state index contributed by atoms with van der Waals surface area (Å²) in [7, 11) is -2.47. The number of methoxy groups -OCH3 is 1. The summed E-state index contributed by atoms with van der Waals surface area (Å²) in [5.74, 6) is -0.454. The van der Waals surface area contributed by atoms with Crippen LogP contribution in [0.5, 0.6) is 5.75 Å². The lowest BCUT2D eigenvalue weighted by molar-refractivity contribution is 0.0860. The summed E-state index contributed by atoms with van der Waals surface area (Å²) < 4.78 is 30.8. The fourth-order valence-corrected chi connectivity index (χ4v) is 4.67. The van der Waals surface area contributed by atoms with E-state index in [-0.39, 0.29) is 32.8 Å². The number of sulfonamides is 1. The Morgan fingerprint density at radius 1 is 1.17 bits per heavy atom. The van der Waals surface area contributed by atoms with Crippen LogP contribution in [0, 0.1) is 0 Å². The molecule has 1 aliphatic rings. The highest BCUT2D eigenvalue weighted by Gasteiger charge is 2.38. The third-order valence-corrected chi connectivity index (χ3v) is 5.92. The Bertz CT molecular complexity index is 888. The number of benzene rings is 2. The topological polar surface area (TPSA) is 63.7 Å². The number of halogens is 2. The van der Waals surface area contributed by atoms with Gasteiger partial charge in [0.2, 0.25) is 0 Å². The minimum absolute atomic E-state index is 0.0153. The molecule has 0 spiro atoms. The summed E-state index contributed by atoms with van der Waals surface area (Å²) in [6, 6.07) is 9.18. The minimum atomic E-state index is -3.87. The van der Waals surface area contributed by atoms with E-state index in [1.54, 1.807) is 18.2 Å². The monoisotopic (exact) mass is 371 g/mol. The van der Waals surface area contributed by atoms with Gasteiger partial charge < -0.3 is 4.74 Å². The lowest BCUT2D eigenvalue weighted by Gasteiger charge is -2.16. The molecule has 0 aliphatic carbocycles. The molecule has 1 amide bonds. The SMILES string of the molecule is COc1c(Cl)cc(C(=O)N2Cc3ccccc3S2(=O)=O)cc1Cl. The van der Waals surface area contributed by atoms with Crippen LogP contribution in [0.25, 0.3) is 0 Å². The number of hydrogen-bond donors (Lipinski definition) is 0. The Morgan fingerprint density at radius 3 is 2.35 bits per heavy atom. The highest BCUT2D eigenvalue weighted by molar-refractivity contribution is 7.90. The van der Waals surface area contributed by atoms with Gasteiger partial charge in [0.15, 0.2) is 5.75 Å². The van der Waals surface area contributed by atoms with Gasteiger partial charge in [-0.25, -0.2) is 12.7 Å². The van der Waals surface area contributed by atoms with Gasteiger partial charge in [0.1, 0.15) is 0 Å². The second-order valence-electron chi connectivity index (χ2n) is 4.90. The number of rotatable bonds is 2. The van der Waals surface area contributed by atoms with Crippen molar-refractivity contribution in [1.82, 2.24) is 4.31 Å². The maximum atomic E-state index is 12.6. The quantitative estimate of drug-likeness (QED) is 0.811. The molecule has 2 aromatic rings. The lowest BCUT2D eigenvalue weighted by Crippen LogP contribution is -2.31. The van der Waals surface area contributed by atoms with Crippen LogP contribution in [0.2, 0.25) is 10.0 Å². The molecule has 0 radical (unpaired) electrons. The van der Waals surface area contributed by atoms with E-state index < -0.39 is 15.9 Å². The minimum Gasteiger partial charge on any atom is -0.494 e. The number of hydrogen-bond acceptors (Lipinski definition) is 4. The van der Waals surface area contributed by atoms with Gasteiger partial charge >= 0.3 is 0 Å². The van der Waals surface area contributed by atoms with E-state index in [0.29, 0.717) is 5.56 Å². The lowest BCUT2D eigenvalue weighted by atomic mass is 10.2. The maximum Gasteiger partial charge on any atom is 0.268 e. The fraction of sp³-hybridized carbons (Fsp3) is 0.133. The smallest absolute Gasteiger partial charge is 0.268 e. The Morgan fingerprint density at radius 2 is 1.78 bits per heavy atom. The Hall–Kier alpha value is -1.76. The van der Waals surface area contributed by atoms with Crippen molar-refractivity contribution in [2.45, 2.75) is 11.4 Å². The van der Waals surface area contributed by atoms with E-state index in [1.165, 1.54) is 25.3 Å². The first-order valence-corrected chi connectivity index (χ1v) is 8.74. The van der Waals surface area contributed by atoms with Crippen LogP contribution in [0.4, 0.5) is 0 Å². The van der Waals surface area contributed by atoms with Crippen LogP contribution >= 0.6 is 23.2 Å². The van der Waals surface area contributed by atoms with E-state index >= 15 is 0 Å². The average Bonchev–Trinajstić information content (AvgIpc) is 2.78. The van der Waals surface area contributed by atoms with Gasteiger partial charge in [-0.05, 0) is 23.8 Å². The first kappa shape index (κ1) is 16.1. The van der Waals surface area contributed by atoms with E-state index in [0.717, 1.165) is 4.31 Å². The van der Waals surface area contributed by atoms with Crippen molar-refractivity contribution in [1.29, 1.82) is 0 Å². The van der Waals surface area contributed by atoms with Crippen LogP contribution in [-0.2, 0) is 16.6 Å². The van der Waals surface area contributed by atoms with Crippen LogP contribution in [-0.4, -0.2) is 25.7 Å². The average molecular weight is 372 g/mol. The number of ether oxygens (including phenoxy) is 1. The highest BCUT2D eigenvalue weighted by Crippen LogP contribution is 2.36. The molecule has 0 unspecified atom stereocenters. The first-order valence-electron chi connectivity index (χ1n) is 6.54. The second kappa shape index (κ2) is 5.70. The van der Waals surface area contributed by atoms with Crippen LogP contribution < -0.4 is 4.74 Å². The zero-order valence-corrected chi connectivity index (χ0v) is 14.2. The largest absolute Gasteiger partial charge is 0.494 e. The number of carbonyl (C=O) groups is 1. The van der Waals surface area contributed by atoms with Gasteiger partial charge in [-0.3, -0.25) is 4.79 Å². The third-order valence-electron chi connectivity index (χ3n) is 3.53. The van der Waals surface area contributed by atoms with Crippen molar-refractivity contribution in [2.24, 2.45) is 0 Å². The third kappa shape index (κ3) is 2.56. The fourth-order valence-electron chi connectivity index (χ4n) is 2.45. The molecule has 0 aromatic heterocycles. The molecule has 0 fully saturated rings. The molecule has 5 nitrogen and oxygen atoms in total. The molecule has 1 aliphatic heterocycles. The van der Waals surface area contributed by atoms with E-state index in [9.17, 15) is 13.2 Å². The van der Waals surface area contributed by atoms with Gasteiger partial charge in [-0.1, -0.05) is 41.4 Å². The summed E-state index contributed by atoms with van der Waals surface area (Å²) >= 11 is 12.0. The van der Waals surface area contributed by atoms with Gasteiger partial charge in [-0.2, -0.15) is 0 Å². The standard InChI is InChI=1S/C15H11Cl2NO4S/c1-22-14-11(16)6-10(7-12(14)17)15(19)18-8-9-4-2-3-5-13(9)23(18,20)21/h2-7H,8H2,1H3. The molecule has 0 bridgehead atoms. The van der Waals surface area contributed by atoms with E-state index in [4.69, 9.17) is 27.9 Å². The van der Waals surface area contributed by atoms with Crippen LogP contribution in [0.1, 0.15) is 15.9 Å². The van der Waals surface area contributed by atoms with Crippen molar-refractivity contribution in [3.05, 3.63) is 57.6 Å². The number of nitrogens with zero attached hydrogens (tertiary/aromatic N) is 1. The Balaban J connectivity index is 2.03. The van der Waals surface area contributed by atoms with E-state index in [1.807, 2.05) is 0 Å². The molecule has 23 heavy (non-hydrogen) atoms. The zero-order chi connectivity index (χ0) is 16.8. The van der Waals surface area contributed by atoms with Gasteiger partial charge in [-0.15, -0.1) is 0 Å². The van der Waals surface area contributed by atoms with Crippen LogP contribution in [0.15, 0.2) is 41.3 Å². The normalized spacial score (nSPS) is 15.3. The predicted octanol–water partition coefficient (Wildman–Crippen LogP) is 3.35. The van der Waals surface area contributed by atoms with Crippen molar-refractivity contribution in [3.8, 4) is 5.75 Å². The molecule has 0 saturated heterocycles. The first-order chi connectivity index (χ1) is 10.9. The van der Waals surface area contributed by atoms with Gasteiger partial charge in [0.25, 0.3) is 15.9 Å². The molecular weight excluding hydrogens is 361 g/mol. The van der Waals surface area contributed by atoms with Crippen molar-refractivity contribution < 1.29 is 17.9 Å². The Kier molecular flexibility index (Phi) is 4.00. The molecule has 2 aromatic carbocycles. The van der Waals surface area contributed by atoms with Gasteiger partial charge in [0.05, 0.1) is 28.6 Å². The summed E-state index contributed by atoms with van der Waals surface area (Å²) in [6.45, 7) is -0.0153. The van der Waals surface area contributed by atoms with Crippen molar-refractivity contribution in [2.75, 3.05) is 7.11 Å². The summed E-state index contributed by atoms with van der Waals surface area (Å²) in [5.41, 5.74) is 0.656. The summed E-state index contributed by atoms with van der Waals surface area (Å²) in [5, 5.41) is 0.273. The highest BCUT2D eigenvalue weighted by atomic mass is 35.5. The van der Waals surface area contributed by atoms with Gasteiger partial charge in [0, 0.05) is 5.56 Å². The summed E-state index contributed by atoms with van der Waals surface area (Å²) in [6.07, 6.45) is 0. The number of carbonyl (C=O) groups excluding carboxylic acids is 1. The zero-order valence-electron chi connectivity index (χ0n) is 11.9. The van der Waals surface area contributed by atoms with Crippen LogP contribution in [0.3, 0.4) is 0 Å². The maximum absolute atomic E-state index is 12.6. The molecule has 1 heterocycles. The molecule has 0 atom stereocenters. The number of fused-ring (bicyclic) bond motifs is 1. The summed E-state index contributed by atoms with van der Waals surface area (Å²) in [4.78, 5) is 12.8.